The number of carbonyl (C=O) groups excluding carboxylic acids is 1. The Labute approximate surface area is 162 Å². The number of hydrogen-bond acceptors (Lipinski definition) is 6. The van der Waals surface area contributed by atoms with Gasteiger partial charge in [-0.05, 0) is 30.7 Å². The summed E-state index contributed by atoms with van der Waals surface area (Å²) in [6, 6.07) is 8.70. The molecule has 2 saturated heterocycles. The summed E-state index contributed by atoms with van der Waals surface area (Å²) >= 11 is 0. The van der Waals surface area contributed by atoms with E-state index in [-0.39, 0.29) is 37.2 Å². The molecule has 0 aliphatic carbocycles. The molecule has 2 fully saturated rings. The number of amides is 1. The lowest BCUT2D eigenvalue weighted by Gasteiger charge is -2.23. The minimum absolute atomic E-state index is 0.0130. The van der Waals surface area contributed by atoms with Gasteiger partial charge in [0.25, 0.3) is 0 Å². The number of anilines is 1. The van der Waals surface area contributed by atoms with Gasteiger partial charge in [-0.3, -0.25) is 14.7 Å². The van der Waals surface area contributed by atoms with Crippen LogP contribution in [-0.4, -0.2) is 70.2 Å². The second-order valence-electron chi connectivity index (χ2n) is 7.42. The van der Waals surface area contributed by atoms with Crippen molar-refractivity contribution in [2.24, 2.45) is 0 Å². The van der Waals surface area contributed by atoms with Crippen molar-refractivity contribution < 1.29 is 14.3 Å². The van der Waals surface area contributed by atoms with E-state index in [0.29, 0.717) is 12.1 Å². The van der Waals surface area contributed by atoms with Crippen LogP contribution in [0.25, 0.3) is 10.9 Å². The Morgan fingerprint density at radius 3 is 3.07 bits per heavy atom. The average Bonchev–Trinajstić information content (AvgIpc) is 3.30. The SMILES string of the molecule is N#CC1C[C@H](F)CN1C(=O)CN1CC[C@H](Nc2ccc(O)c3ncccc23)C1. The standard InChI is InChI=1S/C20H22FN5O2/c21-13-8-15(9-22)26(10-13)19(28)12-25-7-5-14(11-25)24-17-3-4-18(27)20-16(17)2-1-6-23-20/h1-4,6,13-15,24,27H,5,7-8,10-12H2/t13-,14-,15?/m0/s1. The Bertz CT molecular complexity index is 930. The molecule has 28 heavy (non-hydrogen) atoms. The Morgan fingerprint density at radius 2 is 2.25 bits per heavy atom. The van der Waals surface area contributed by atoms with Gasteiger partial charge in [0.05, 0.1) is 19.2 Å². The summed E-state index contributed by atoms with van der Waals surface area (Å²) in [4.78, 5) is 20.1. The third-order valence-corrected chi connectivity index (χ3v) is 5.46. The van der Waals surface area contributed by atoms with Gasteiger partial charge >= 0.3 is 0 Å². The molecular weight excluding hydrogens is 361 g/mol. The van der Waals surface area contributed by atoms with Gasteiger partial charge in [-0.2, -0.15) is 5.26 Å². The summed E-state index contributed by atoms with van der Waals surface area (Å²) in [5, 5.41) is 23.4. The smallest absolute Gasteiger partial charge is 0.237 e. The topological polar surface area (TPSA) is 92.5 Å². The van der Waals surface area contributed by atoms with Gasteiger partial charge in [-0.15, -0.1) is 0 Å². The molecule has 3 atom stereocenters. The van der Waals surface area contributed by atoms with Crippen LogP contribution < -0.4 is 5.32 Å². The van der Waals surface area contributed by atoms with Gasteiger partial charge in [0.15, 0.2) is 0 Å². The van der Waals surface area contributed by atoms with Gasteiger partial charge in [0, 0.05) is 42.8 Å². The van der Waals surface area contributed by atoms with Crippen LogP contribution in [0.2, 0.25) is 0 Å². The van der Waals surface area contributed by atoms with Crippen molar-refractivity contribution in [2.45, 2.75) is 31.1 Å². The predicted molar refractivity (Wildman–Crippen MR) is 103 cm³/mol. The number of nitriles is 1. The number of nitrogens with zero attached hydrogens (tertiary/aromatic N) is 4. The lowest BCUT2D eigenvalue weighted by molar-refractivity contribution is -0.132. The largest absolute Gasteiger partial charge is 0.506 e. The van der Waals surface area contributed by atoms with E-state index in [1.807, 2.05) is 29.2 Å². The summed E-state index contributed by atoms with van der Waals surface area (Å²) in [6.07, 6.45) is 1.50. The van der Waals surface area contributed by atoms with Crippen LogP contribution in [0.15, 0.2) is 30.5 Å². The molecule has 1 aromatic carbocycles. The quantitative estimate of drug-likeness (QED) is 0.784. The molecule has 4 rings (SSSR count). The molecule has 0 bridgehead atoms. The van der Waals surface area contributed by atoms with Gasteiger partial charge in [0.1, 0.15) is 23.5 Å². The third kappa shape index (κ3) is 3.58. The maximum absolute atomic E-state index is 13.6. The molecule has 2 N–H and O–H groups in total. The Hall–Kier alpha value is -2.92. The molecule has 1 amide bonds. The highest BCUT2D eigenvalue weighted by Crippen LogP contribution is 2.30. The molecule has 8 heteroatoms. The fourth-order valence-corrected chi connectivity index (χ4v) is 4.06. The van der Waals surface area contributed by atoms with Gasteiger partial charge < -0.3 is 15.3 Å². The normalized spacial score (nSPS) is 25.1. The Balaban J connectivity index is 1.38. The van der Waals surface area contributed by atoms with Crippen molar-refractivity contribution in [3.05, 3.63) is 30.5 Å². The Kier molecular flexibility index (Phi) is 5.01. The highest BCUT2D eigenvalue weighted by Gasteiger charge is 2.36. The number of benzene rings is 1. The Morgan fingerprint density at radius 1 is 1.39 bits per heavy atom. The first-order valence-corrected chi connectivity index (χ1v) is 9.44. The maximum Gasteiger partial charge on any atom is 0.237 e. The second kappa shape index (κ2) is 7.60. The van der Waals surface area contributed by atoms with Gasteiger partial charge in [0.2, 0.25) is 5.91 Å². The van der Waals surface area contributed by atoms with Crippen molar-refractivity contribution in [3.63, 3.8) is 0 Å². The number of halogens is 1. The highest BCUT2D eigenvalue weighted by atomic mass is 19.1. The van der Waals surface area contributed by atoms with Crippen LogP contribution >= 0.6 is 0 Å². The molecule has 1 aromatic heterocycles. The number of aromatic hydroxyl groups is 1. The average molecular weight is 383 g/mol. The van der Waals surface area contributed by atoms with Gasteiger partial charge in [-0.1, -0.05) is 0 Å². The van der Waals surface area contributed by atoms with E-state index in [1.54, 1.807) is 12.3 Å². The first-order chi connectivity index (χ1) is 13.5. The molecule has 0 spiro atoms. The lowest BCUT2D eigenvalue weighted by atomic mass is 10.1. The number of phenols is 1. The highest BCUT2D eigenvalue weighted by molar-refractivity contribution is 5.95. The first-order valence-electron chi connectivity index (χ1n) is 9.44. The van der Waals surface area contributed by atoms with Crippen molar-refractivity contribution >= 4 is 22.5 Å². The molecule has 2 aliphatic heterocycles. The molecule has 0 radical (unpaired) electrons. The van der Waals surface area contributed by atoms with Crippen LogP contribution in [0.4, 0.5) is 10.1 Å². The molecule has 3 heterocycles. The molecule has 2 aliphatic rings. The number of alkyl halides is 1. The number of pyridine rings is 1. The van der Waals surface area contributed by atoms with Crippen molar-refractivity contribution in [1.82, 2.24) is 14.8 Å². The van der Waals surface area contributed by atoms with Crippen LogP contribution in [0.1, 0.15) is 12.8 Å². The number of carbonyl (C=O) groups is 1. The van der Waals surface area contributed by atoms with Crippen LogP contribution in [0, 0.1) is 11.3 Å². The van der Waals surface area contributed by atoms with E-state index in [2.05, 4.69) is 10.3 Å². The van der Waals surface area contributed by atoms with Crippen LogP contribution in [-0.2, 0) is 4.79 Å². The second-order valence-corrected chi connectivity index (χ2v) is 7.42. The van der Waals surface area contributed by atoms with Crippen LogP contribution in [0.3, 0.4) is 0 Å². The van der Waals surface area contributed by atoms with E-state index in [0.717, 1.165) is 24.0 Å². The molecule has 146 valence electrons. The number of rotatable bonds is 4. The lowest BCUT2D eigenvalue weighted by Crippen LogP contribution is -2.42. The fourth-order valence-electron chi connectivity index (χ4n) is 4.06. The van der Waals surface area contributed by atoms with Gasteiger partial charge in [-0.25, -0.2) is 4.39 Å². The molecule has 0 saturated carbocycles. The number of aromatic nitrogens is 1. The summed E-state index contributed by atoms with van der Waals surface area (Å²) in [7, 11) is 0. The molecule has 7 nitrogen and oxygen atoms in total. The zero-order valence-electron chi connectivity index (χ0n) is 15.4. The number of likely N-dealkylation sites (tertiary alicyclic amines) is 2. The van der Waals surface area contributed by atoms with Crippen molar-refractivity contribution in [1.29, 1.82) is 5.26 Å². The van der Waals surface area contributed by atoms with E-state index >= 15 is 0 Å². The van der Waals surface area contributed by atoms with E-state index in [1.165, 1.54) is 4.90 Å². The zero-order valence-corrected chi connectivity index (χ0v) is 15.4. The van der Waals surface area contributed by atoms with Crippen molar-refractivity contribution in [2.75, 3.05) is 31.5 Å². The first kappa shape index (κ1) is 18.4. The summed E-state index contributed by atoms with van der Waals surface area (Å²) in [5.74, 6) is -0.0461. The molecule has 2 aromatic rings. The number of nitrogens with one attached hydrogen (secondary N) is 1. The minimum Gasteiger partial charge on any atom is -0.506 e. The van der Waals surface area contributed by atoms with E-state index in [4.69, 9.17) is 5.26 Å². The summed E-state index contributed by atoms with van der Waals surface area (Å²) < 4.78 is 13.6. The summed E-state index contributed by atoms with van der Waals surface area (Å²) in [5.41, 5.74) is 1.44. The zero-order chi connectivity index (χ0) is 19.7. The molecular formula is C20H22FN5O2. The molecule has 1 unspecified atom stereocenters. The number of fused-ring (bicyclic) bond motifs is 1. The van der Waals surface area contributed by atoms with E-state index in [9.17, 15) is 14.3 Å². The number of phenolic OH excluding ortho intramolecular Hbond substituents is 1. The van der Waals surface area contributed by atoms with E-state index < -0.39 is 12.2 Å². The summed E-state index contributed by atoms with van der Waals surface area (Å²) in [6.45, 7) is 1.64. The fraction of sp³-hybridized carbons (Fsp3) is 0.450. The maximum atomic E-state index is 13.6. The minimum atomic E-state index is -1.11. The number of hydrogen-bond donors (Lipinski definition) is 2. The third-order valence-electron chi connectivity index (χ3n) is 5.46. The van der Waals surface area contributed by atoms with Crippen LogP contribution in [0.5, 0.6) is 5.75 Å². The predicted octanol–water partition coefficient (Wildman–Crippen LogP) is 1.89. The monoisotopic (exact) mass is 383 g/mol. The van der Waals surface area contributed by atoms with Crippen molar-refractivity contribution in [3.8, 4) is 11.8 Å².